The number of hydrogen-bond acceptors (Lipinski definition) is 3. The molecule has 1 fully saturated rings. The van der Waals surface area contributed by atoms with Crippen LogP contribution >= 0.6 is 0 Å². The summed E-state index contributed by atoms with van der Waals surface area (Å²) in [6.45, 7) is 16.9. The van der Waals surface area contributed by atoms with Gasteiger partial charge in [0.25, 0.3) is 0 Å². The van der Waals surface area contributed by atoms with E-state index in [0.29, 0.717) is 18.7 Å². The van der Waals surface area contributed by atoms with Crippen molar-refractivity contribution in [1.82, 2.24) is 9.80 Å². The van der Waals surface area contributed by atoms with E-state index in [0.717, 1.165) is 19.3 Å². The van der Waals surface area contributed by atoms with Crippen LogP contribution in [0.25, 0.3) is 0 Å². The minimum absolute atomic E-state index is 0.504. The largest absolute Gasteiger partial charge is 0.365 e. The molecule has 0 N–H and O–H groups in total. The van der Waals surface area contributed by atoms with Crippen LogP contribution < -0.4 is 0 Å². The van der Waals surface area contributed by atoms with Crippen molar-refractivity contribution in [1.29, 1.82) is 0 Å². The third-order valence-corrected chi connectivity index (χ3v) is 2.90. The number of nitrogens with zero attached hydrogens (tertiary/aromatic N) is 2. The molecule has 0 aliphatic carbocycles. The highest BCUT2D eigenvalue weighted by atomic mass is 16.5. The van der Waals surface area contributed by atoms with E-state index in [2.05, 4.69) is 44.1 Å². The highest BCUT2D eigenvalue weighted by molar-refractivity contribution is 5.02. The second-order valence-electron chi connectivity index (χ2n) is 4.79. The van der Waals surface area contributed by atoms with Crippen LogP contribution in [0.5, 0.6) is 0 Å². The first-order valence-corrected chi connectivity index (χ1v) is 6.36. The van der Waals surface area contributed by atoms with Gasteiger partial charge in [-0.2, -0.15) is 0 Å². The lowest BCUT2D eigenvalue weighted by Crippen LogP contribution is -2.53. The lowest BCUT2D eigenvalue weighted by atomic mass is 10.1. The van der Waals surface area contributed by atoms with Gasteiger partial charge in [-0.05, 0) is 41.0 Å². The fourth-order valence-corrected chi connectivity index (χ4v) is 2.05. The summed E-state index contributed by atoms with van der Waals surface area (Å²) in [6, 6.07) is 1.01. The predicted molar refractivity (Wildman–Crippen MR) is 66.4 cm³/mol. The predicted octanol–water partition coefficient (Wildman–Crippen LogP) is 2.38. The van der Waals surface area contributed by atoms with Gasteiger partial charge in [0.2, 0.25) is 0 Å². The Morgan fingerprint density at radius 3 is 2.00 bits per heavy atom. The first kappa shape index (κ1) is 13.9. The molecule has 0 amide bonds. The molecule has 0 atom stereocenters. The molecule has 1 aliphatic rings. The lowest BCUT2D eigenvalue weighted by Gasteiger charge is -2.45. The maximum atomic E-state index is 5.36. The third-order valence-electron chi connectivity index (χ3n) is 2.90. The van der Waals surface area contributed by atoms with Gasteiger partial charge < -0.3 is 4.74 Å². The molecule has 1 rings (SSSR count). The SMILES string of the molecule is CCO[C][C]1N(C(C)C)CCCN1C(C)C. The first-order chi connectivity index (χ1) is 7.57. The van der Waals surface area contributed by atoms with Crippen LogP contribution in [0.3, 0.4) is 0 Å². The minimum atomic E-state index is 0.504. The lowest BCUT2D eigenvalue weighted by molar-refractivity contribution is 0.0258. The Morgan fingerprint density at radius 1 is 1.12 bits per heavy atom. The summed E-state index contributed by atoms with van der Waals surface area (Å²) in [7, 11) is 0. The molecule has 1 aliphatic heterocycles. The number of ether oxygens (including phenoxy) is 1. The van der Waals surface area contributed by atoms with E-state index in [1.54, 1.807) is 0 Å². The molecule has 0 bridgehead atoms. The monoisotopic (exact) mass is 225 g/mol. The van der Waals surface area contributed by atoms with Gasteiger partial charge in [-0.15, -0.1) is 0 Å². The Hall–Kier alpha value is -0.120. The zero-order chi connectivity index (χ0) is 12.1. The highest BCUT2D eigenvalue weighted by Crippen LogP contribution is 2.27. The molecule has 3 radical (unpaired) electrons. The summed E-state index contributed by atoms with van der Waals surface area (Å²) in [5, 5.41) is 0. The Labute approximate surface area is 101 Å². The van der Waals surface area contributed by atoms with Crippen LogP contribution in [0.1, 0.15) is 41.0 Å². The Balaban J connectivity index is 2.68. The summed E-state index contributed by atoms with van der Waals surface area (Å²) in [5.74, 6) is 0. The third kappa shape index (κ3) is 3.44. The molecular formula is C13H25N2O. The fourth-order valence-electron chi connectivity index (χ4n) is 2.05. The molecule has 16 heavy (non-hydrogen) atoms. The maximum Gasteiger partial charge on any atom is 0.173 e. The summed E-state index contributed by atoms with van der Waals surface area (Å²) >= 11 is 0. The van der Waals surface area contributed by atoms with Gasteiger partial charge in [-0.3, -0.25) is 9.80 Å². The Kier molecular flexibility index (Phi) is 5.73. The van der Waals surface area contributed by atoms with Crippen LogP contribution in [0.15, 0.2) is 0 Å². The van der Waals surface area contributed by atoms with Crippen molar-refractivity contribution in [3.63, 3.8) is 0 Å². The maximum absolute atomic E-state index is 5.36. The van der Waals surface area contributed by atoms with Gasteiger partial charge in [0, 0.05) is 31.8 Å². The first-order valence-electron chi connectivity index (χ1n) is 6.36. The average molecular weight is 225 g/mol. The molecule has 0 spiro atoms. The normalized spacial score (nSPS) is 21.2. The van der Waals surface area contributed by atoms with E-state index in [1.165, 1.54) is 6.42 Å². The fraction of sp³-hybridized carbons (Fsp3) is 0.846. The molecule has 0 unspecified atom stereocenters. The molecule has 93 valence electrons. The quantitative estimate of drug-likeness (QED) is 0.714. The molecule has 1 heterocycles. The Morgan fingerprint density at radius 2 is 1.62 bits per heavy atom. The number of hydrogen-bond donors (Lipinski definition) is 0. The van der Waals surface area contributed by atoms with E-state index >= 15 is 0 Å². The summed E-state index contributed by atoms with van der Waals surface area (Å²) in [4.78, 5) is 4.75. The smallest absolute Gasteiger partial charge is 0.173 e. The van der Waals surface area contributed by atoms with Crippen LogP contribution in [0.2, 0.25) is 0 Å². The molecule has 0 saturated carbocycles. The number of rotatable bonds is 5. The molecule has 0 aromatic heterocycles. The zero-order valence-corrected chi connectivity index (χ0v) is 11.3. The van der Waals surface area contributed by atoms with Crippen LogP contribution in [-0.2, 0) is 4.74 Å². The van der Waals surface area contributed by atoms with Crippen molar-refractivity contribution in [2.45, 2.75) is 53.1 Å². The second kappa shape index (κ2) is 6.58. The topological polar surface area (TPSA) is 15.7 Å². The van der Waals surface area contributed by atoms with E-state index in [-0.39, 0.29) is 0 Å². The van der Waals surface area contributed by atoms with Crippen molar-refractivity contribution in [2.24, 2.45) is 0 Å². The van der Waals surface area contributed by atoms with Crippen LogP contribution in [-0.4, -0.2) is 41.6 Å². The van der Waals surface area contributed by atoms with Crippen molar-refractivity contribution in [3.05, 3.63) is 12.8 Å². The van der Waals surface area contributed by atoms with Crippen molar-refractivity contribution in [3.8, 4) is 0 Å². The van der Waals surface area contributed by atoms with Gasteiger partial charge in [0.1, 0.15) is 6.17 Å². The standard InChI is InChI=1S/C13H25N2O/c1-6-16-10-13-14(11(2)3)8-7-9-15(13)12(4)5/h11-12H,6-9H2,1-5H3. The van der Waals surface area contributed by atoms with Gasteiger partial charge in [0.05, 0.1) is 0 Å². The zero-order valence-electron chi connectivity index (χ0n) is 11.3. The molecule has 0 aromatic rings. The summed E-state index contributed by atoms with van der Waals surface area (Å²) < 4.78 is 5.36. The summed E-state index contributed by atoms with van der Waals surface area (Å²) in [5.41, 5.74) is 0. The minimum Gasteiger partial charge on any atom is -0.365 e. The molecule has 3 nitrogen and oxygen atoms in total. The van der Waals surface area contributed by atoms with Gasteiger partial charge in [-0.1, -0.05) is 0 Å². The molecule has 1 saturated heterocycles. The van der Waals surface area contributed by atoms with Gasteiger partial charge >= 0.3 is 0 Å². The van der Waals surface area contributed by atoms with Crippen LogP contribution in [0.4, 0.5) is 0 Å². The van der Waals surface area contributed by atoms with Gasteiger partial charge in [0.15, 0.2) is 6.61 Å². The highest BCUT2D eigenvalue weighted by Gasteiger charge is 2.34. The van der Waals surface area contributed by atoms with E-state index in [4.69, 9.17) is 4.74 Å². The van der Waals surface area contributed by atoms with E-state index in [9.17, 15) is 0 Å². The second-order valence-corrected chi connectivity index (χ2v) is 4.79. The van der Waals surface area contributed by atoms with Crippen molar-refractivity contribution < 1.29 is 4.74 Å². The average Bonchev–Trinajstić information content (AvgIpc) is 2.25. The summed E-state index contributed by atoms with van der Waals surface area (Å²) in [6.07, 6.45) is 2.34. The van der Waals surface area contributed by atoms with Crippen molar-refractivity contribution in [2.75, 3.05) is 19.7 Å². The van der Waals surface area contributed by atoms with Crippen LogP contribution in [0, 0.1) is 12.8 Å². The molecular weight excluding hydrogens is 200 g/mol. The Bertz CT molecular complexity index is 178. The molecule has 0 aromatic carbocycles. The molecule has 3 heteroatoms. The van der Waals surface area contributed by atoms with E-state index < -0.39 is 0 Å². The van der Waals surface area contributed by atoms with Crippen molar-refractivity contribution >= 4 is 0 Å². The van der Waals surface area contributed by atoms with E-state index in [1.807, 2.05) is 6.92 Å². The van der Waals surface area contributed by atoms with Gasteiger partial charge in [-0.25, -0.2) is 0 Å².